The second-order valence-corrected chi connectivity index (χ2v) is 8.62. The zero-order chi connectivity index (χ0) is 24.7. The molecule has 2 aromatic carbocycles. The molecule has 1 aliphatic heterocycles. The summed E-state index contributed by atoms with van der Waals surface area (Å²) in [5, 5.41) is 10.2. The van der Waals surface area contributed by atoms with Gasteiger partial charge in [0, 0.05) is 30.7 Å². The Morgan fingerprint density at radius 1 is 1.17 bits per heavy atom. The molecule has 7 nitrogen and oxygen atoms in total. The molecule has 0 unspecified atom stereocenters. The number of fused-ring (bicyclic) bond motifs is 2. The number of rotatable bonds is 3. The van der Waals surface area contributed by atoms with Crippen LogP contribution in [0, 0.1) is 11.3 Å². The summed E-state index contributed by atoms with van der Waals surface area (Å²) in [7, 11) is 0. The van der Waals surface area contributed by atoms with E-state index in [1.54, 1.807) is 23.2 Å². The smallest absolute Gasteiger partial charge is 0.342 e. The van der Waals surface area contributed by atoms with Crippen LogP contribution in [0.4, 0.5) is 13.2 Å². The van der Waals surface area contributed by atoms with Gasteiger partial charge in [0.25, 0.3) is 0 Å². The van der Waals surface area contributed by atoms with E-state index in [1.165, 1.54) is 16.7 Å². The third-order valence-corrected chi connectivity index (χ3v) is 6.47. The Hall–Kier alpha value is -4.13. The number of halogens is 3. The number of aromatic nitrogens is 3. The molecule has 178 valence electrons. The normalized spacial score (nSPS) is 15.0. The van der Waals surface area contributed by atoms with E-state index >= 15 is 0 Å². The van der Waals surface area contributed by atoms with Crippen LogP contribution in [0.3, 0.4) is 0 Å². The van der Waals surface area contributed by atoms with Crippen molar-refractivity contribution in [1.82, 2.24) is 19.4 Å². The first-order valence-corrected chi connectivity index (χ1v) is 11.1. The molecule has 4 aromatic rings. The van der Waals surface area contributed by atoms with Crippen LogP contribution in [0.5, 0.6) is 0 Å². The molecule has 0 radical (unpaired) electrons. The minimum absolute atomic E-state index is 0.0927. The van der Waals surface area contributed by atoms with Gasteiger partial charge in [0.15, 0.2) is 0 Å². The van der Waals surface area contributed by atoms with Crippen LogP contribution in [0.1, 0.15) is 35.6 Å². The Kier molecular flexibility index (Phi) is 5.55. The Morgan fingerprint density at radius 2 is 1.94 bits per heavy atom. The molecule has 35 heavy (non-hydrogen) atoms. The molecular formula is C25H20F3N5O2. The highest BCUT2D eigenvalue weighted by atomic mass is 19.4. The summed E-state index contributed by atoms with van der Waals surface area (Å²) in [5.74, 6) is -0.141. The first kappa shape index (κ1) is 22.7. The number of amides is 1. The number of carbonyl (C=O) groups is 1. The van der Waals surface area contributed by atoms with Gasteiger partial charge in [-0.25, -0.2) is 4.79 Å². The summed E-state index contributed by atoms with van der Waals surface area (Å²) in [4.78, 5) is 33.9. The van der Waals surface area contributed by atoms with Crippen molar-refractivity contribution < 1.29 is 18.0 Å². The van der Waals surface area contributed by atoms with Gasteiger partial charge in [0.05, 0.1) is 34.1 Å². The number of benzene rings is 2. The lowest BCUT2D eigenvalue weighted by atomic mass is 10.0. The van der Waals surface area contributed by atoms with Gasteiger partial charge in [-0.1, -0.05) is 12.1 Å². The number of imidazole rings is 1. The molecular weight excluding hydrogens is 459 g/mol. The number of likely N-dealkylation sites (tertiary alicyclic amines) is 1. The first-order chi connectivity index (χ1) is 16.8. The van der Waals surface area contributed by atoms with E-state index in [0.29, 0.717) is 42.6 Å². The van der Waals surface area contributed by atoms with Gasteiger partial charge >= 0.3 is 11.9 Å². The van der Waals surface area contributed by atoms with Gasteiger partial charge in [0.1, 0.15) is 6.07 Å². The van der Waals surface area contributed by atoms with Crippen LogP contribution in [0.25, 0.3) is 21.9 Å². The molecule has 0 atom stereocenters. The first-order valence-electron chi connectivity index (χ1n) is 11.1. The van der Waals surface area contributed by atoms with E-state index in [1.807, 2.05) is 12.1 Å². The number of hydrogen-bond acceptors (Lipinski definition) is 4. The second-order valence-electron chi connectivity index (χ2n) is 8.62. The third kappa shape index (κ3) is 4.14. The minimum atomic E-state index is -4.59. The fraction of sp³-hybridized carbons (Fsp3) is 0.280. The van der Waals surface area contributed by atoms with Gasteiger partial charge in [-0.2, -0.15) is 18.4 Å². The summed E-state index contributed by atoms with van der Waals surface area (Å²) >= 11 is 0. The Bertz CT molecular complexity index is 1540. The SMILES string of the molecule is N#Cc1cc(CC(=O)N2CCC(n3c(=O)[nH]c4cccc(C(F)(F)F)c43)CC2)cc2cccnc12. The summed E-state index contributed by atoms with van der Waals surface area (Å²) in [6.07, 6.45) is -2.18. The molecule has 0 spiro atoms. The fourth-order valence-corrected chi connectivity index (χ4v) is 4.86. The maximum absolute atomic E-state index is 13.6. The van der Waals surface area contributed by atoms with E-state index in [9.17, 15) is 28.0 Å². The molecule has 0 bridgehead atoms. The van der Waals surface area contributed by atoms with Crippen molar-refractivity contribution in [1.29, 1.82) is 5.26 Å². The molecule has 1 saturated heterocycles. The molecule has 0 aliphatic carbocycles. The van der Waals surface area contributed by atoms with Crippen molar-refractivity contribution in [3.05, 3.63) is 75.8 Å². The second kappa shape index (κ2) is 8.58. The van der Waals surface area contributed by atoms with Crippen molar-refractivity contribution >= 4 is 27.8 Å². The van der Waals surface area contributed by atoms with Crippen molar-refractivity contribution in [2.45, 2.75) is 31.5 Å². The van der Waals surface area contributed by atoms with Gasteiger partial charge in [-0.05, 0) is 48.7 Å². The quantitative estimate of drug-likeness (QED) is 0.477. The molecule has 0 saturated carbocycles. The van der Waals surface area contributed by atoms with Gasteiger partial charge in [-0.15, -0.1) is 0 Å². The lowest BCUT2D eigenvalue weighted by Gasteiger charge is -2.33. The number of nitriles is 1. The predicted octanol–water partition coefficient (Wildman–Crippen LogP) is 4.17. The summed E-state index contributed by atoms with van der Waals surface area (Å²) in [6, 6.07) is 12.4. The molecule has 1 amide bonds. The molecule has 2 aromatic heterocycles. The van der Waals surface area contributed by atoms with Crippen molar-refractivity contribution in [2.24, 2.45) is 0 Å². The lowest BCUT2D eigenvalue weighted by Crippen LogP contribution is -2.41. The van der Waals surface area contributed by atoms with E-state index in [0.717, 1.165) is 11.5 Å². The molecule has 5 rings (SSSR count). The Morgan fingerprint density at radius 3 is 2.66 bits per heavy atom. The molecule has 1 N–H and O–H groups in total. The monoisotopic (exact) mass is 479 g/mol. The minimum Gasteiger partial charge on any atom is -0.342 e. The zero-order valence-electron chi connectivity index (χ0n) is 18.5. The number of nitrogens with zero attached hydrogens (tertiary/aromatic N) is 4. The van der Waals surface area contributed by atoms with Crippen molar-refractivity contribution in [2.75, 3.05) is 13.1 Å². The average molecular weight is 479 g/mol. The topological polar surface area (TPSA) is 94.8 Å². The van der Waals surface area contributed by atoms with E-state index in [-0.39, 0.29) is 23.4 Å². The highest BCUT2D eigenvalue weighted by molar-refractivity contribution is 5.87. The maximum atomic E-state index is 13.6. The summed E-state index contributed by atoms with van der Waals surface area (Å²) in [6.45, 7) is 0.633. The molecule has 1 aliphatic rings. The number of para-hydroxylation sites is 1. The van der Waals surface area contributed by atoms with Crippen molar-refractivity contribution in [3.8, 4) is 6.07 Å². The van der Waals surface area contributed by atoms with E-state index in [4.69, 9.17) is 0 Å². The van der Waals surface area contributed by atoms with Crippen LogP contribution in [0.2, 0.25) is 0 Å². The average Bonchev–Trinajstić information content (AvgIpc) is 3.18. The number of pyridine rings is 1. The number of carbonyl (C=O) groups excluding carboxylic acids is 1. The third-order valence-electron chi connectivity index (χ3n) is 6.47. The van der Waals surface area contributed by atoms with E-state index < -0.39 is 23.5 Å². The fourth-order valence-electron chi connectivity index (χ4n) is 4.86. The lowest BCUT2D eigenvalue weighted by molar-refractivity contribution is -0.136. The van der Waals surface area contributed by atoms with Crippen molar-refractivity contribution in [3.63, 3.8) is 0 Å². The Labute approximate surface area is 197 Å². The van der Waals surface area contributed by atoms with Crippen LogP contribution in [0.15, 0.2) is 53.5 Å². The number of H-pyrrole nitrogens is 1. The van der Waals surface area contributed by atoms with Gasteiger partial charge in [0.2, 0.25) is 5.91 Å². The van der Waals surface area contributed by atoms with E-state index in [2.05, 4.69) is 16.0 Å². The largest absolute Gasteiger partial charge is 0.418 e. The maximum Gasteiger partial charge on any atom is 0.418 e. The number of piperidine rings is 1. The number of alkyl halides is 3. The molecule has 10 heteroatoms. The summed E-state index contributed by atoms with van der Waals surface area (Å²) < 4.78 is 42.0. The van der Waals surface area contributed by atoms with Crippen LogP contribution in [-0.2, 0) is 17.4 Å². The standard InChI is InChI=1S/C25H20F3N5O2/c26-25(27,28)19-4-1-5-20-23(19)33(24(35)31-20)18-6-9-32(10-7-18)21(34)13-15-11-16-3-2-8-30-22(16)17(12-15)14-29/h1-5,8,11-12,18H,6-7,9-10,13H2,(H,31,35). The Balaban J connectivity index is 1.35. The molecule has 3 heterocycles. The highest BCUT2D eigenvalue weighted by Gasteiger charge is 2.36. The van der Waals surface area contributed by atoms with Gasteiger partial charge in [-0.3, -0.25) is 14.3 Å². The van der Waals surface area contributed by atoms with Crippen LogP contribution in [-0.4, -0.2) is 38.4 Å². The van der Waals surface area contributed by atoms with Crippen LogP contribution < -0.4 is 5.69 Å². The molecule has 1 fully saturated rings. The summed E-state index contributed by atoms with van der Waals surface area (Å²) in [5.41, 5.74) is 0.210. The number of nitrogens with one attached hydrogen (secondary N) is 1. The number of aromatic amines is 1. The van der Waals surface area contributed by atoms with Crippen LogP contribution >= 0.6 is 0 Å². The zero-order valence-corrected chi connectivity index (χ0v) is 18.5. The number of hydrogen-bond donors (Lipinski definition) is 1. The predicted molar refractivity (Wildman–Crippen MR) is 123 cm³/mol. The highest BCUT2D eigenvalue weighted by Crippen LogP contribution is 2.36. The van der Waals surface area contributed by atoms with Gasteiger partial charge < -0.3 is 9.88 Å².